The Morgan fingerprint density at radius 2 is 1.67 bits per heavy atom. The zero-order valence-corrected chi connectivity index (χ0v) is 13.4. The fraction of sp³-hybridized carbons (Fsp3) is 0.632. The van der Waals surface area contributed by atoms with Crippen molar-refractivity contribution in [3.63, 3.8) is 0 Å². The summed E-state index contributed by atoms with van der Waals surface area (Å²) in [5.41, 5.74) is 1.33. The van der Waals surface area contributed by atoms with Gasteiger partial charge in [0.2, 0.25) is 0 Å². The van der Waals surface area contributed by atoms with Crippen LogP contribution in [0.3, 0.4) is 0 Å². The minimum absolute atomic E-state index is 0.299. The number of benzene rings is 1. The number of hydrogen-bond donors (Lipinski definition) is 1. The van der Waals surface area contributed by atoms with Crippen molar-refractivity contribution in [1.29, 1.82) is 0 Å². The van der Waals surface area contributed by atoms with Crippen molar-refractivity contribution in [3.8, 4) is 0 Å². The quantitative estimate of drug-likeness (QED) is 0.519. The number of carboxylic acid groups (broad SMARTS) is 1. The number of carbonyl (C=O) groups is 1. The van der Waals surface area contributed by atoms with Crippen LogP contribution in [0.2, 0.25) is 0 Å². The fourth-order valence-electron chi connectivity index (χ4n) is 2.84. The fourth-order valence-corrected chi connectivity index (χ4v) is 2.84. The van der Waals surface area contributed by atoms with E-state index in [1.165, 1.54) is 44.1 Å². The Balaban J connectivity index is 2.32. The van der Waals surface area contributed by atoms with Crippen LogP contribution < -0.4 is 0 Å². The highest BCUT2D eigenvalue weighted by Gasteiger charge is 2.11. The molecule has 118 valence electrons. The zero-order valence-electron chi connectivity index (χ0n) is 13.4. The predicted molar refractivity (Wildman–Crippen MR) is 88.5 cm³/mol. The molecule has 1 aromatic carbocycles. The first kappa shape index (κ1) is 17.7. The lowest BCUT2D eigenvalue weighted by Crippen LogP contribution is -2.08. The highest BCUT2D eigenvalue weighted by molar-refractivity contribution is 5.66. The topological polar surface area (TPSA) is 37.3 Å². The van der Waals surface area contributed by atoms with E-state index in [9.17, 15) is 4.79 Å². The Kier molecular flexibility index (Phi) is 9.60. The van der Waals surface area contributed by atoms with Crippen LogP contribution in [0.4, 0.5) is 0 Å². The van der Waals surface area contributed by atoms with E-state index in [-0.39, 0.29) is 0 Å². The van der Waals surface area contributed by atoms with Gasteiger partial charge in [-0.1, -0.05) is 82.2 Å². The Hall–Kier alpha value is -1.31. The van der Waals surface area contributed by atoms with Gasteiger partial charge < -0.3 is 5.11 Å². The van der Waals surface area contributed by atoms with E-state index >= 15 is 0 Å². The largest absolute Gasteiger partial charge is 0.481 e. The van der Waals surface area contributed by atoms with E-state index in [0.717, 1.165) is 19.3 Å². The number of rotatable bonds is 12. The average Bonchev–Trinajstić information content (AvgIpc) is 2.49. The molecule has 21 heavy (non-hydrogen) atoms. The molecule has 0 bridgehead atoms. The van der Waals surface area contributed by atoms with Crippen LogP contribution in [0.15, 0.2) is 30.3 Å². The molecule has 1 unspecified atom stereocenters. The summed E-state index contributed by atoms with van der Waals surface area (Å²) in [7, 11) is 0. The van der Waals surface area contributed by atoms with Crippen molar-refractivity contribution in [3.05, 3.63) is 35.9 Å². The minimum atomic E-state index is -0.670. The minimum Gasteiger partial charge on any atom is -0.481 e. The summed E-state index contributed by atoms with van der Waals surface area (Å²) in [5, 5.41) is 8.90. The average molecular weight is 290 g/mol. The summed E-state index contributed by atoms with van der Waals surface area (Å²) in [6, 6.07) is 10.5. The van der Waals surface area contributed by atoms with Gasteiger partial charge in [-0.15, -0.1) is 0 Å². The summed E-state index contributed by atoms with van der Waals surface area (Å²) >= 11 is 0. The zero-order chi connectivity index (χ0) is 15.3. The smallest absolute Gasteiger partial charge is 0.303 e. The maximum Gasteiger partial charge on any atom is 0.303 e. The van der Waals surface area contributed by atoms with Crippen molar-refractivity contribution in [2.45, 2.75) is 71.1 Å². The summed E-state index contributed by atoms with van der Waals surface area (Å²) in [6.45, 7) is 2.24. The van der Waals surface area contributed by atoms with Crippen molar-refractivity contribution >= 4 is 5.97 Å². The van der Waals surface area contributed by atoms with Crippen LogP contribution >= 0.6 is 0 Å². The maximum atomic E-state index is 10.8. The second-order valence-electron chi connectivity index (χ2n) is 6.04. The molecule has 1 N–H and O–H groups in total. The lowest BCUT2D eigenvalue weighted by Gasteiger charge is -2.16. The van der Waals surface area contributed by atoms with Crippen LogP contribution in [0, 0.1) is 5.92 Å². The van der Waals surface area contributed by atoms with E-state index < -0.39 is 5.97 Å². The Morgan fingerprint density at radius 3 is 2.33 bits per heavy atom. The molecule has 1 aromatic rings. The van der Waals surface area contributed by atoms with E-state index in [2.05, 4.69) is 31.2 Å². The molecule has 0 spiro atoms. The maximum absolute atomic E-state index is 10.8. The highest BCUT2D eigenvalue weighted by Crippen LogP contribution is 2.21. The molecule has 0 saturated heterocycles. The van der Waals surface area contributed by atoms with E-state index in [4.69, 9.17) is 5.11 Å². The van der Waals surface area contributed by atoms with E-state index in [1.54, 1.807) is 0 Å². The van der Waals surface area contributed by atoms with Gasteiger partial charge in [-0.05, 0) is 24.3 Å². The van der Waals surface area contributed by atoms with E-state index in [0.29, 0.717) is 12.3 Å². The van der Waals surface area contributed by atoms with Crippen molar-refractivity contribution in [2.75, 3.05) is 0 Å². The number of unbranched alkanes of at least 4 members (excludes halogenated alkanes) is 5. The molecule has 0 amide bonds. The Labute approximate surface area is 129 Å². The molecule has 0 aliphatic heterocycles. The third kappa shape index (κ3) is 9.28. The second-order valence-corrected chi connectivity index (χ2v) is 6.04. The molecule has 0 aromatic heterocycles. The lowest BCUT2D eigenvalue weighted by atomic mass is 9.89. The monoisotopic (exact) mass is 290 g/mol. The van der Waals surface area contributed by atoms with Crippen LogP contribution in [0.25, 0.3) is 0 Å². The number of hydrogen-bond acceptors (Lipinski definition) is 1. The molecule has 0 heterocycles. The van der Waals surface area contributed by atoms with Gasteiger partial charge in [0.15, 0.2) is 0 Å². The van der Waals surface area contributed by atoms with Crippen LogP contribution in [0.1, 0.15) is 70.3 Å². The summed E-state index contributed by atoms with van der Waals surface area (Å²) in [6.07, 6.45) is 11.1. The van der Waals surface area contributed by atoms with Crippen molar-refractivity contribution < 1.29 is 9.90 Å². The van der Waals surface area contributed by atoms with Crippen molar-refractivity contribution in [2.24, 2.45) is 5.92 Å². The molecular formula is C19H30O2. The van der Waals surface area contributed by atoms with Gasteiger partial charge in [-0.2, -0.15) is 0 Å². The van der Waals surface area contributed by atoms with Crippen LogP contribution in [-0.2, 0) is 11.2 Å². The molecule has 1 rings (SSSR count). The van der Waals surface area contributed by atoms with Gasteiger partial charge >= 0.3 is 5.97 Å². The van der Waals surface area contributed by atoms with Gasteiger partial charge in [-0.25, -0.2) is 0 Å². The third-order valence-corrected chi connectivity index (χ3v) is 4.10. The molecule has 0 saturated carbocycles. The van der Waals surface area contributed by atoms with Crippen LogP contribution in [-0.4, -0.2) is 11.1 Å². The third-order valence-electron chi connectivity index (χ3n) is 4.10. The molecule has 0 aliphatic carbocycles. The second kappa shape index (κ2) is 11.4. The van der Waals surface area contributed by atoms with Crippen molar-refractivity contribution in [1.82, 2.24) is 0 Å². The molecular weight excluding hydrogens is 260 g/mol. The molecule has 2 nitrogen and oxygen atoms in total. The first-order valence-electron chi connectivity index (χ1n) is 8.48. The molecule has 1 atom stereocenters. The Morgan fingerprint density at radius 1 is 1.00 bits per heavy atom. The lowest BCUT2D eigenvalue weighted by molar-refractivity contribution is -0.137. The summed E-state index contributed by atoms with van der Waals surface area (Å²) in [4.78, 5) is 10.8. The molecule has 0 radical (unpaired) electrons. The van der Waals surface area contributed by atoms with E-state index in [1.807, 2.05) is 6.07 Å². The first-order valence-corrected chi connectivity index (χ1v) is 8.48. The predicted octanol–water partition coefficient (Wildman–Crippen LogP) is 5.46. The molecule has 2 heteroatoms. The van der Waals surface area contributed by atoms with Gasteiger partial charge in [0.25, 0.3) is 0 Å². The van der Waals surface area contributed by atoms with Gasteiger partial charge in [0.05, 0.1) is 0 Å². The van der Waals surface area contributed by atoms with Crippen LogP contribution in [0.5, 0.6) is 0 Å². The first-order chi connectivity index (χ1) is 10.2. The van der Waals surface area contributed by atoms with Gasteiger partial charge in [-0.3, -0.25) is 4.79 Å². The number of carboxylic acids is 1. The van der Waals surface area contributed by atoms with Gasteiger partial charge in [0, 0.05) is 6.42 Å². The standard InChI is InChI=1S/C19H30O2/c1-2-3-4-5-6-8-13-18(14-15-19(20)21)16-17-11-9-7-10-12-17/h7,9-12,18H,2-6,8,13-16H2,1H3,(H,20,21). The molecule has 0 aliphatic rings. The highest BCUT2D eigenvalue weighted by atomic mass is 16.4. The van der Waals surface area contributed by atoms with Gasteiger partial charge in [0.1, 0.15) is 0 Å². The summed E-state index contributed by atoms with van der Waals surface area (Å²) < 4.78 is 0. The molecule has 0 fully saturated rings. The number of aliphatic carboxylic acids is 1. The summed E-state index contributed by atoms with van der Waals surface area (Å²) in [5.74, 6) is -0.161. The SMILES string of the molecule is CCCCCCCCC(CCC(=O)O)Cc1ccccc1. The Bertz CT molecular complexity index is 372. The normalized spacial score (nSPS) is 12.2.